The summed E-state index contributed by atoms with van der Waals surface area (Å²) in [7, 11) is 0. The molecule has 176 valence electrons. The molecule has 0 aliphatic rings. The number of ether oxygens (including phenoxy) is 1. The first-order chi connectivity index (χ1) is 15.8. The largest absolute Gasteiger partial charge is 0.454 e. The van der Waals surface area contributed by atoms with Crippen molar-refractivity contribution < 1.29 is 40.3 Å². The van der Waals surface area contributed by atoms with Gasteiger partial charge in [0.25, 0.3) is 0 Å². The predicted molar refractivity (Wildman–Crippen MR) is 107 cm³/mol. The van der Waals surface area contributed by atoms with Gasteiger partial charge in [-0.1, -0.05) is 0 Å². The maximum atomic E-state index is 14.1. The average molecular weight is 483 g/mol. The first-order valence-electron chi connectivity index (χ1n) is 9.20. The topological polar surface area (TPSA) is 74.1 Å². The highest BCUT2D eigenvalue weighted by atomic mass is 19.4. The fourth-order valence-corrected chi connectivity index (χ4v) is 2.70. The van der Waals surface area contributed by atoms with Crippen molar-refractivity contribution in [2.24, 2.45) is 0 Å². The highest BCUT2D eigenvalue weighted by molar-refractivity contribution is 6.00. The van der Waals surface area contributed by atoms with Gasteiger partial charge in [0.2, 0.25) is 0 Å². The summed E-state index contributed by atoms with van der Waals surface area (Å²) in [6, 6.07) is 10.1. The summed E-state index contributed by atoms with van der Waals surface area (Å²) in [4.78, 5) is 12.2. The molecule has 0 atom stereocenters. The molecule has 0 aromatic heterocycles. The van der Waals surface area contributed by atoms with Crippen LogP contribution in [0.5, 0.6) is 11.5 Å². The van der Waals surface area contributed by atoms with Gasteiger partial charge < -0.3 is 15.4 Å². The van der Waals surface area contributed by atoms with E-state index in [0.29, 0.717) is 17.7 Å². The van der Waals surface area contributed by atoms with Crippen molar-refractivity contribution in [1.29, 1.82) is 5.26 Å². The summed E-state index contributed by atoms with van der Waals surface area (Å²) in [5, 5.41) is 12.9. The lowest BCUT2D eigenvalue weighted by Gasteiger charge is -2.15. The molecule has 3 aromatic rings. The standard InChI is InChI=1S/C22H12F7N3O2/c23-18-6-3-15(10-19(18)34-17-4-1-12(11-30)2-5-17)31-20(33)32-16-8-13(21(24,25)26)7-14(9-16)22(27,28)29/h1-10H,(H2,31,32,33). The van der Waals surface area contributed by atoms with Gasteiger partial charge in [-0.3, -0.25) is 0 Å². The van der Waals surface area contributed by atoms with E-state index < -0.39 is 41.0 Å². The summed E-state index contributed by atoms with van der Waals surface area (Å²) in [6.45, 7) is 0. The lowest BCUT2D eigenvalue weighted by atomic mass is 10.1. The van der Waals surface area contributed by atoms with Gasteiger partial charge >= 0.3 is 18.4 Å². The molecule has 0 radical (unpaired) electrons. The molecule has 0 unspecified atom stereocenters. The van der Waals surface area contributed by atoms with Crippen LogP contribution in [-0.4, -0.2) is 6.03 Å². The molecule has 3 rings (SSSR count). The first kappa shape index (κ1) is 24.4. The summed E-state index contributed by atoms with van der Waals surface area (Å²) >= 11 is 0. The van der Waals surface area contributed by atoms with E-state index >= 15 is 0 Å². The van der Waals surface area contributed by atoms with Crippen LogP contribution in [0.3, 0.4) is 0 Å². The number of halogens is 7. The SMILES string of the molecule is N#Cc1ccc(Oc2cc(NC(=O)Nc3cc(C(F)(F)F)cc(C(F)(F)F)c3)ccc2F)cc1. The number of rotatable bonds is 4. The molecule has 0 saturated heterocycles. The molecule has 0 heterocycles. The number of alkyl halides is 6. The number of benzene rings is 3. The number of anilines is 2. The number of carbonyl (C=O) groups excluding carboxylic acids is 1. The molecule has 0 saturated carbocycles. The Morgan fingerprint density at radius 1 is 0.794 bits per heavy atom. The monoisotopic (exact) mass is 483 g/mol. The van der Waals surface area contributed by atoms with Gasteiger partial charge in [-0.15, -0.1) is 0 Å². The van der Waals surface area contributed by atoms with Gasteiger partial charge in [0.1, 0.15) is 5.75 Å². The molecule has 0 bridgehead atoms. The second-order valence-electron chi connectivity index (χ2n) is 6.76. The second kappa shape index (κ2) is 9.30. The second-order valence-corrected chi connectivity index (χ2v) is 6.76. The van der Waals surface area contributed by atoms with E-state index in [4.69, 9.17) is 10.00 Å². The fraction of sp³-hybridized carbons (Fsp3) is 0.0909. The molecule has 2 amide bonds. The third kappa shape index (κ3) is 6.16. The molecular formula is C22H12F7N3O2. The minimum atomic E-state index is -5.08. The summed E-state index contributed by atoms with van der Waals surface area (Å²) in [6.07, 6.45) is -10.2. The van der Waals surface area contributed by atoms with E-state index in [2.05, 4.69) is 5.32 Å². The van der Waals surface area contributed by atoms with Crippen LogP contribution in [0.4, 0.5) is 46.9 Å². The number of amides is 2. The summed E-state index contributed by atoms with van der Waals surface area (Å²) in [5.74, 6) is -0.980. The molecule has 0 fully saturated rings. The Balaban J connectivity index is 1.78. The van der Waals surface area contributed by atoms with Gasteiger partial charge in [0, 0.05) is 17.4 Å². The van der Waals surface area contributed by atoms with E-state index in [1.807, 2.05) is 11.4 Å². The fourth-order valence-electron chi connectivity index (χ4n) is 2.70. The average Bonchev–Trinajstić information content (AvgIpc) is 2.75. The van der Waals surface area contributed by atoms with E-state index in [-0.39, 0.29) is 23.3 Å². The zero-order chi connectivity index (χ0) is 25.1. The maximum absolute atomic E-state index is 14.1. The van der Waals surface area contributed by atoms with Crippen molar-refractivity contribution in [3.8, 4) is 17.6 Å². The number of urea groups is 1. The molecule has 12 heteroatoms. The number of nitrogens with one attached hydrogen (secondary N) is 2. The van der Waals surface area contributed by atoms with Crippen molar-refractivity contribution in [1.82, 2.24) is 0 Å². The van der Waals surface area contributed by atoms with Gasteiger partial charge in [0.15, 0.2) is 11.6 Å². The third-order valence-corrected chi connectivity index (χ3v) is 4.25. The first-order valence-corrected chi connectivity index (χ1v) is 9.20. The minimum Gasteiger partial charge on any atom is -0.454 e. The van der Waals surface area contributed by atoms with Crippen LogP contribution in [0, 0.1) is 17.1 Å². The van der Waals surface area contributed by atoms with E-state index in [0.717, 1.165) is 18.2 Å². The van der Waals surface area contributed by atoms with Crippen LogP contribution in [0.15, 0.2) is 60.7 Å². The minimum absolute atomic E-state index is 0.0643. The van der Waals surface area contributed by atoms with Gasteiger partial charge in [-0.25, -0.2) is 9.18 Å². The summed E-state index contributed by atoms with van der Waals surface area (Å²) in [5.41, 5.74) is -3.68. The Morgan fingerprint density at radius 2 is 1.35 bits per heavy atom. The Bertz CT molecular complexity index is 1220. The molecular weight excluding hydrogens is 471 g/mol. The van der Waals surface area contributed by atoms with Crippen LogP contribution in [0.1, 0.15) is 16.7 Å². The van der Waals surface area contributed by atoms with Crippen LogP contribution in [0.25, 0.3) is 0 Å². The van der Waals surface area contributed by atoms with Crippen molar-refractivity contribution >= 4 is 17.4 Å². The predicted octanol–water partition coefficient (Wildman–Crippen LogP) is 7.17. The van der Waals surface area contributed by atoms with Crippen molar-refractivity contribution in [3.05, 3.63) is 83.2 Å². The highest BCUT2D eigenvalue weighted by Crippen LogP contribution is 2.37. The quantitative estimate of drug-likeness (QED) is 0.387. The van der Waals surface area contributed by atoms with Gasteiger partial charge in [-0.2, -0.15) is 31.6 Å². The van der Waals surface area contributed by atoms with Crippen LogP contribution < -0.4 is 15.4 Å². The smallest absolute Gasteiger partial charge is 0.416 e. The Kier molecular flexibility index (Phi) is 6.67. The molecule has 2 N–H and O–H groups in total. The number of hydrogen-bond donors (Lipinski definition) is 2. The van der Waals surface area contributed by atoms with E-state index in [1.165, 1.54) is 24.3 Å². The zero-order valence-corrected chi connectivity index (χ0v) is 16.7. The lowest BCUT2D eigenvalue weighted by Crippen LogP contribution is -2.21. The maximum Gasteiger partial charge on any atom is 0.416 e. The number of carbonyl (C=O) groups is 1. The van der Waals surface area contributed by atoms with Gasteiger partial charge in [-0.05, 0) is 54.6 Å². The lowest BCUT2D eigenvalue weighted by molar-refractivity contribution is -0.143. The molecule has 0 aliphatic heterocycles. The Morgan fingerprint density at radius 3 is 1.88 bits per heavy atom. The van der Waals surface area contributed by atoms with Crippen molar-refractivity contribution in [2.45, 2.75) is 12.4 Å². The zero-order valence-electron chi connectivity index (χ0n) is 16.7. The van der Waals surface area contributed by atoms with Crippen LogP contribution in [-0.2, 0) is 12.4 Å². The Hall–Kier alpha value is -4.27. The number of nitriles is 1. The molecule has 5 nitrogen and oxygen atoms in total. The van der Waals surface area contributed by atoms with Crippen LogP contribution in [0.2, 0.25) is 0 Å². The van der Waals surface area contributed by atoms with Crippen LogP contribution >= 0.6 is 0 Å². The van der Waals surface area contributed by atoms with Crippen molar-refractivity contribution in [2.75, 3.05) is 10.6 Å². The van der Waals surface area contributed by atoms with E-state index in [9.17, 15) is 35.5 Å². The van der Waals surface area contributed by atoms with E-state index in [1.54, 1.807) is 0 Å². The molecule has 34 heavy (non-hydrogen) atoms. The third-order valence-electron chi connectivity index (χ3n) is 4.25. The molecule has 0 spiro atoms. The van der Waals surface area contributed by atoms with Gasteiger partial charge in [0.05, 0.1) is 22.8 Å². The normalized spacial score (nSPS) is 11.5. The molecule has 3 aromatic carbocycles. The van der Waals surface area contributed by atoms with Crippen molar-refractivity contribution in [3.63, 3.8) is 0 Å². The number of nitrogens with zero attached hydrogens (tertiary/aromatic N) is 1. The molecule has 0 aliphatic carbocycles. The number of hydrogen-bond acceptors (Lipinski definition) is 3. The highest BCUT2D eigenvalue weighted by Gasteiger charge is 2.37. The Labute approximate surface area is 187 Å². The summed E-state index contributed by atoms with van der Waals surface area (Å²) < 4.78 is 97.2.